The highest BCUT2D eigenvalue weighted by Crippen LogP contribution is 2.27. The molecule has 0 radical (unpaired) electrons. The highest BCUT2D eigenvalue weighted by atomic mass is 127. The Labute approximate surface area is 129 Å². The van der Waals surface area contributed by atoms with E-state index in [1.807, 2.05) is 6.07 Å². The first-order valence-corrected chi connectivity index (χ1v) is 8.62. The second-order valence-electron chi connectivity index (χ2n) is 3.14. The third-order valence-corrected chi connectivity index (χ3v) is 5.67. The first-order valence-electron chi connectivity index (χ1n) is 4.45. The molecule has 0 aliphatic rings. The molecule has 0 saturated heterocycles. The van der Waals surface area contributed by atoms with E-state index in [1.165, 1.54) is 0 Å². The van der Waals surface area contributed by atoms with Gasteiger partial charge < -0.3 is 5.73 Å². The summed E-state index contributed by atoms with van der Waals surface area (Å²) in [6, 6.07) is 5.31. The molecule has 0 unspecified atom stereocenters. The predicted molar refractivity (Wildman–Crippen MR) is 82.0 cm³/mol. The summed E-state index contributed by atoms with van der Waals surface area (Å²) in [7, 11) is -3.75. The van der Waals surface area contributed by atoms with Gasteiger partial charge in [-0.1, -0.05) is 11.3 Å². The Morgan fingerprint density at radius 2 is 2.11 bits per heavy atom. The summed E-state index contributed by atoms with van der Waals surface area (Å²) in [4.78, 5) is 0. The van der Waals surface area contributed by atoms with Crippen LogP contribution in [0.1, 0.15) is 0 Å². The van der Waals surface area contributed by atoms with E-state index in [2.05, 4.69) is 53.4 Å². The van der Waals surface area contributed by atoms with Gasteiger partial charge in [-0.05, 0) is 56.7 Å². The van der Waals surface area contributed by atoms with Gasteiger partial charge in [-0.15, -0.1) is 10.2 Å². The molecule has 0 aliphatic heterocycles. The quantitative estimate of drug-likeness (QED) is 0.684. The van der Waals surface area contributed by atoms with Crippen LogP contribution in [0.25, 0.3) is 0 Å². The van der Waals surface area contributed by atoms with Gasteiger partial charge in [0.15, 0.2) is 0 Å². The van der Waals surface area contributed by atoms with Crippen LogP contribution < -0.4 is 10.5 Å². The van der Waals surface area contributed by atoms with Crippen molar-refractivity contribution in [2.75, 3.05) is 10.5 Å². The summed E-state index contributed by atoms with van der Waals surface area (Å²) >= 11 is 6.18. The number of nitrogen functional groups attached to an aromatic ring is 1. The lowest BCUT2D eigenvalue weighted by Crippen LogP contribution is -2.13. The number of aromatic nitrogens is 2. The Bertz CT molecular complexity index is 688. The maximum absolute atomic E-state index is 12.0. The van der Waals surface area contributed by atoms with Crippen molar-refractivity contribution in [3.8, 4) is 0 Å². The molecule has 2 rings (SSSR count). The lowest BCUT2D eigenvalue weighted by molar-refractivity contribution is 0.599. The summed E-state index contributed by atoms with van der Waals surface area (Å²) in [5, 5.41) is 7.10. The highest BCUT2D eigenvalue weighted by molar-refractivity contribution is 14.1. The topological polar surface area (TPSA) is 98.0 Å². The Hall–Kier alpha value is -0.460. The minimum atomic E-state index is -3.75. The summed E-state index contributed by atoms with van der Waals surface area (Å²) < 4.78 is 27.8. The number of nitrogens with zero attached hydrogens (tertiary/aromatic N) is 2. The molecular formula is C8H6BrIN4O2S2. The van der Waals surface area contributed by atoms with Crippen molar-refractivity contribution < 1.29 is 8.42 Å². The third kappa shape index (κ3) is 3.10. The second-order valence-corrected chi connectivity index (χ2v) is 8.10. The van der Waals surface area contributed by atoms with Crippen molar-refractivity contribution in [3.05, 3.63) is 26.2 Å². The maximum Gasteiger partial charge on any atom is 0.291 e. The van der Waals surface area contributed by atoms with E-state index in [1.54, 1.807) is 12.1 Å². The van der Waals surface area contributed by atoms with Gasteiger partial charge in [0.25, 0.3) is 14.4 Å². The number of hydrogen-bond acceptors (Lipinski definition) is 6. The molecule has 0 atom stereocenters. The number of sulfonamides is 1. The molecule has 1 aromatic carbocycles. The molecule has 0 aliphatic carbocycles. The van der Waals surface area contributed by atoms with Crippen LogP contribution in [0.2, 0.25) is 0 Å². The molecular weight excluding hydrogens is 455 g/mol. The van der Waals surface area contributed by atoms with E-state index in [0.717, 1.165) is 14.9 Å². The van der Waals surface area contributed by atoms with Gasteiger partial charge >= 0.3 is 0 Å². The zero-order chi connectivity index (χ0) is 13.3. The molecule has 1 aromatic heterocycles. The minimum absolute atomic E-state index is 0.108. The van der Waals surface area contributed by atoms with E-state index in [-0.39, 0.29) is 9.47 Å². The van der Waals surface area contributed by atoms with E-state index in [9.17, 15) is 8.42 Å². The normalized spacial score (nSPS) is 11.4. The van der Waals surface area contributed by atoms with Crippen LogP contribution in [0.3, 0.4) is 0 Å². The van der Waals surface area contributed by atoms with Gasteiger partial charge in [-0.3, -0.25) is 4.72 Å². The molecule has 0 fully saturated rings. The van der Waals surface area contributed by atoms with Crippen molar-refractivity contribution in [1.82, 2.24) is 10.2 Å². The lowest BCUT2D eigenvalue weighted by atomic mass is 10.3. The number of nitrogens with two attached hydrogens (primary N) is 1. The number of halogens is 2. The van der Waals surface area contributed by atoms with Crippen LogP contribution in [0.15, 0.2) is 27.0 Å². The molecule has 1 heterocycles. The first-order chi connectivity index (χ1) is 8.38. The van der Waals surface area contributed by atoms with Crippen LogP contribution in [-0.2, 0) is 10.0 Å². The summed E-state index contributed by atoms with van der Waals surface area (Å²) in [5.74, 6) is 0. The van der Waals surface area contributed by atoms with Crippen LogP contribution in [-0.4, -0.2) is 18.6 Å². The Morgan fingerprint density at radius 1 is 1.39 bits per heavy atom. The monoisotopic (exact) mass is 460 g/mol. The average Bonchev–Trinajstić information content (AvgIpc) is 2.71. The SMILES string of the molecule is Nc1nnc(S(=O)(=O)Nc2cc(I)ccc2Br)s1. The molecule has 18 heavy (non-hydrogen) atoms. The van der Waals surface area contributed by atoms with Gasteiger partial charge in [0, 0.05) is 8.04 Å². The zero-order valence-electron chi connectivity index (χ0n) is 8.59. The molecule has 6 nitrogen and oxygen atoms in total. The summed E-state index contributed by atoms with van der Waals surface area (Å²) in [6.07, 6.45) is 0. The second kappa shape index (κ2) is 5.27. The molecule has 10 heteroatoms. The van der Waals surface area contributed by atoms with E-state index >= 15 is 0 Å². The molecule has 0 amide bonds. The van der Waals surface area contributed by atoms with E-state index in [0.29, 0.717) is 10.2 Å². The highest BCUT2D eigenvalue weighted by Gasteiger charge is 2.20. The number of benzene rings is 1. The lowest BCUT2D eigenvalue weighted by Gasteiger charge is -2.07. The van der Waals surface area contributed by atoms with Crippen LogP contribution >= 0.6 is 49.9 Å². The van der Waals surface area contributed by atoms with Crippen LogP contribution in [0, 0.1) is 3.57 Å². The fourth-order valence-electron chi connectivity index (χ4n) is 1.09. The Balaban J connectivity index is 2.36. The molecule has 0 bridgehead atoms. The van der Waals surface area contributed by atoms with Crippen LogP contribution in [0.5, 0.6) is 0 Å². The smallest absolute Gasteiger partial charge is 0.291 e. The molecule has 3 N–H and O–H groups in total. The van der Waals surface area contributed by atoms with Gasteiger partial charge in [0.2, 0.25) is 5.13 Å². The Morgan fingerprint density at radius 3 is 2.72 bits per heavy atom. The fourth-order valence-corrected chi connectivity index (χ4v) is 3.92. The van der Waals surface area contributed by atoms with Gasteiger partial charge in [0.1, 0.15) is 0 Å². The van der Waals surface area contributed by atoms with E-state index < -0.39 is 10.0 Å². The largest absolute Gasteiger partial charge is 0.374 e. The van der Waals surface area contributed by atoms with Crippen molar-refractivity contribution in [1.29, 1.82) is 0 Å². The van der Waals surface area contributed by atoms with Crippen molar-refractivity contribution in [2.45, 2.75) is 4.34 Å². The molecule has 0 spiro atoms. The van der Waals surface area contributed by atoms with Crippen molar-refractivity contribution in [3.63, 3.8) is 0 Å². The number of hydrogen-bond donors (Lipinski definition) is 2. The first kappa shape index (κ1) is 14.0. The van der Waals surface area contributed by atoms with Crippen LogP contribution in [0.4, 0.5) is 10.8 Å². The maximum atomic E-state index is 12.0. The van der Waals surface area contributed by atoms with E-state index in [4.69, 9.17) is 5.73 Å². The number of nitrogens with one attached hydrogen (secondary N) is 1. The van der Waals surface area contributed by atoms with Crippen molar-refractivity contribution in [2.24, 2.45) is 0 Å². The van der Waals surface area contributed by atoms with Gasteiger partial charge in [-0.25, -0.2) is 0 Å². The fraction of sp³-hybridized carbons (Fsp3) is 0. The molecule has 2 aromatic rings. The molecule has 96 valence electrons. The van der Waals surface area contributed by atoms with Gasteiger partial charge in [0.05, 0.1) is 5.69 Å². The number of anilines is 2. The zero-order valence-corrected chi connectivity index (χ0v) is 14.0. The van der Waals surface area contributed by atoms with Gasteiger partial charge in [-0.2, -0.15) is 8.42 Å². The Kier molecular flexibility index (Phi) is 4.08. The summed E-state index contributed by atoms with van der Waals surface area (Å²) in [6.45, 7) is 0. The third-order valence-electron chi connectivity index (χ3n) is 1.82. The predicted octanol–water partition coefficient (Wildman–Crippen LogP) is 2.29. The minimum Gasteiger partial charge on any atom is -0.374 e. The standard InChI is InChI=1S/C8H6BrIN4O2S2/c9-5-2-1-4(10)3-6(5)14-18(15,16)8-13-12-7(11)17-8/h1-3,14H,(H2,11,12). The van der Waals surface area contributed by atoms with Crippen molar-refractivity contribution >= 4 is 70.7 Å². The number of rotatable bonds is 3. The average molecular weight is 461 g/mol. The molecule has 0 saturated carbocycles. The summed E-state index contributed by atoms with van der Waals surface area (Å²) in [5.41, 5.74) is 5.81.